The van der Waals surface area contributed by atoms with Crippen molar-refractivity contribution in [2.75, 3.05) is 13.1 Å². The van der Waals surface area contributed by atoms with Crippen molar-refractivity contribution in [1.29, 1.82) is 0 Å². The largest absolute Gasteiger partial charge is 0.444 e. The molecule has 1 aliphatic heterocycles. The lowest BCUT2D eigenvalue weighted by Gasteiger charge is -2.27. The lowest BCUT2D eigenvalue weighted by Crippen LogP contribution is -2.52. The highest BCUT2D eigenvalue weighted by Crippen LogP contribution is 2.39. The Morgan fingerprint density at radius 2 is 1.86 bits per heavy atom. The van der Waals surface area contributed by atoms with Gasteiger partial charge in [-0.05, 0) is 69.4 Å². The maximum atomic E-state index is 13.1. The van der Waals surface area contributed by atoms with Crippen LogP contribution in [0.3, 0.4) is 0 Å². The van der Waals surface area contributed by atoms with E-state index in [4.69, 9.17) is 4.74 Å². The summed E-state index contributed by atoms with van der Waals surface area (Å²) in [5, 5.41) is 5.87. The van der Waals surface area contributed by atoms with Gasteiger partial charge in [-0.3, -0.25) is 9.69 Å². The molecule has 0 aromatic heterocycles. The van der Waals surface area contributed by atoms with Gasteiger partial charge in [-0.25, -0.2) is 4.79 Å². The number of rotatable bonds is 7. The number of carbonyl (C=O) groups excluding carboxylic acids is 2. The summed E-state index contributed by atoms with van der Waals surface area (Å²) in [5.74, 6) is 0.623. The summed E-state index contributed by atoms with van der Waals surface area (Å²) in [5.41, 5.74) is -0.652. The number of carbonyl (C=O) groups is 2. The second-order valence-corrected chi connectivity index (χ2v) is 11.3. The zero-order valence-corrected chi connectivity index (χ0v) is 21.2. The molecule has 3 rings (SSSR count). The van der Waals surface area contributed by atoms with Crippen molar-refractivity contribution in [2.45, 2.75) is 84.3 Å². The van der Waals surface area contributed by atoms with Crippen LogP contribution in [0.4, 0.5) is 18.0 Å². The van der Waals surface area contributed by atoms with Crippen LogP contribution in [0.25, 0.3) is 0 Å². The topological polar surface area (TPSA) is 70.7 Å². The number of benzene rings is 1. The number of fused-ring (bicyclic) bond motifs is 1. The molecule has 1 aliphatic carbocycles. The quantitative estimate of drug-likeness (QED) is 0.558. The fourth-order valence-electron chi connectivity index (χ4n) is 5.21. The van der Waals surface area contributed by atoms with E-state index in [0.29, 0.717) is 24.4 Å². The van der Waals surface area contributed by atoms with E-state index in [-0.39, 0.29) is 23.8 Å². The van der Waals surface area contributed by atoms with Gasteiger partial charge < -0.3 is 15.4 Å². The Balaban J connectivity index is 1.59. The van der Waals surface area contributed by atoms with E-state index in [1.165, 1.54) is 12.1 Å². The maximum Gasteiger partial charge on any atom is 0.416 e. The minimum absolute atomic E-state index is 0.0193. The van der Waals surface area contributed by atoms with Crippen LogP contribution in [-0.2, 0) is 22.3 Å². The van der Waals surface area contributed by atoms with Gasteiger partial charge in [-0.15, -0.1) is 0 Å². The maximum absolute atomic E-state index is 13.1. The van der Waals surface area contributed by atoms with E-state index in [0.717, 1.165) is 32.0 Å². The van der Waals surface area contributed by atoms with Gasteiger partial charge in [0.05, 0.1) is 5.56 Å². The van der Waals surface area contributed by atoms with Crippen LogP contribution in [0.2, 0.25) is 0 Å². The molecule has 35 heavy (non-hydrogen) atoms. The second-order valence-electron chi connectivity index (χ2n) is 11.3. The van der Waals surface area contributed by atoms with E-state index < -0.39 is 29.5 Å². The minimum Gasteiger partial charge on any atom is -0.444 e. The summed E-state index contributed by atoms with van der Waals surface area (Å²) in [6, 6.07) is 4.77. The number of likely N-dealkylation sites (tertiary alicyclic amines) is 1. The van der Waals surface area contributed by atoms with Gasteiger partial charge >= 0.3 is 12.3 Å². The van der Waals surface area contributed by atoms with E-state index in [1.807, 2.05) is 13.8 Å². The number of halogens is 3. The van der Waals surface area contributed by atoms with Gasteiger partial charge in [0, 0.05) is 25.7 Å². The van der Waals surface area contributed by atoms with Crippen molar-refractivity contribution in [3.05, 3.63) is 35.4 Å². The number of amides is 2. The highest BCUT2D eigenvalue weighted by molar-refractivity contribution is 5.86. The Hall–Kier alpha value is -2.29. The molecule has 0 unspecified atom stereocenters. The van der Waals surface area contributed by atoms with Crippen molar-refractivity contribution >= 4 is 12.0 Å². The average Bonchev–Trinajstić information content (AvgIpc) is 3.26. The molecule has 2 N–H and O–H groups in total. The number of hydrogen-bond donors (Lipinski definition) is 2. The SMILES string of the molecule is CC(C)C[C@@H](NC(=O)OC(C)(C)C)C(=O)N[C@@H]1CC[C@H]2CN(Cc3cccc(C(F)(F)F)c3)C[C@H]21. The predicted octanol–water partition coefficient (Wildman–Crippen LogP) is 4.97. The van der Waals surface area contributed by atoms with Gasteiger partial charge in [0.15, 0.2) is 0 Å². The average molecular weight is 498 g/mol. The van der Waals surface area contributed by atoms with Crippen molar-refractivity contribution in [2.24, 2.45) is 17.8 Å². The molecule has 1 aromatic rings. The molecule has 4 atom stereocenters. The van der Waals surface area contributed by atoms with Crippen LogP contribution >= 0.6 is 0 Å². The van der Waals surface area contributed by atoms with Crippen molar-refractivity contribution in [1.82, 2.24) is 15.5 Å². The molecule has 1 heterocycles. The third kappa shape index (κ3) is 7.85. The third-order valence-corrected chi connectivity index (χ3v) is 6.64. The van der Waals surface area contributed by atoms with Crippen molar-refractivity contribution in [3.63, 3.8) is 0 Å². The van der Waals surface area contributed by atoms with Gasteiger partial charge in [0.1, 0.15) is 11.6 Å². The molecule has 2 fully saturated rings. The normalized spacial score (nSPS) is 23.7. The van der Waals surface area contributed by atoms with Crippen LogP contribution < -0.4 is 10.6 Å². The van der Waals surface area contributed by atoms with E-state index in [9.17, 15) is 22.8 Å². The summed E-state index contributed by atoms with van der Waals surface area (Å²) in [6.45, 7) is 11.3. The lowest BCUT2D eigenvalue weighted by molar-refractivity contribution is -0.137. The summed E-state index contributed by atoms with van der Waals surface area (Å²) in [7, 11) is 0. The Kier molecular flexibility index (Phi) is 8.40. The van der Waals surface area contributed by atoms with Gasteiger partial charge in [-0.1, -0.05) is 32.0 Å². The number of hydrogen-bond acceptors (Lipinski definition) is 4. The monoisotopic (exact) mass is 497 g/mol. The summed E-state index contributed by atoms with van der Waals surface area (Å²) in [4.78, 5) is 27.6. The van der Waals surface area contributed by atoms with Gasteiger partial charge in [-0.2, -0.15) is 13.2 Å². The van der Waals surface area contributed by atoms with Gasteiger partial charge in [0.2, 0.25) is 5.91 Å². The Morgan fingerprint density at radius 1 is 1.14 bits per heavy atom. The van der Waals surface area contributed by atoms with Crippen LogP contribution in [0, 0.1) is 17.8 Å². The third-order valence-electron chi connectivity index (χ3n) is 6.64. The first-order valence-corrected chi connectivity index (χ1v) is 12.4. The Morgan fingerprint density at radius 3 is 2.49 bits per heavy atom. The predicted molar refractivity (Wildman–Crippen MR) is 127 cm³/mol. The molecule has 0 radical (unpaired) electrons. The first-order valence-electron chi connectivity index (χ1n) is 12.4. The molecule has 1 saturated heterocycles. The molecule has 2 amide bonds. The van der Waals surface area contributed by atoms with Crippen LogP contribution in [0.5, 0.6) is 0 Å². The van der Waals surface area contributed by atoms with Crippen molar-refractivity contribution < 1.29 is 27.5 Å². The Labute approximate surface area is 206 Å². The zero-order valence-electron chi connectivity index (χ0n) is 21.2. The first-order chi connectivity index (χ1) is 16.2. The molecule has 2 aliphatic rings. The summed E-state index contributed by atoms with van der Waals surface area (Å²) >= 11 is 0. The van der Waals surface area contributed by atoms with Crippen LogP contribution in [-0.4, -0.2) is 47.7 Å². The highest BCUT2D eigenvalue weighted by atomic mass is 19.4. The Bertz CT molecular complexity index is 898. The van der Waals surface area contributed by atoms with Crippen LogP contribution in [0.15, 0.2) is 24.3 Å². The second kappa shape index (κ2) is 10.8. The van der Waals surface area contributed by atoms with Crippen molar-refractivity contribution in [3.8, 4) is 0 Å². The molecular formula is C26H38F3N3O3. The number of ether oxygens (including phenoxy) is 1. The molecule has 0 bridgehead atoms. The number of nitrogens with zero attached hydrogens (tertiary/aromatic N) is 1. The summed E-state index contributed by atoms with van der Waals surface area (Å²) in [6.07, 6.45) is -2.65. The lowest BCUT2D eigenvalue weighted by atomic mass is 9.97. The smallest absolute Gasteiger partial charge is 0.416 e. The number of alkyl carbamates (subject to hydrolysis) is 1. The van der Waals surface area contributed by atoms with E-state index in [2.05, 4.69) is 15.5 Å². The standard InChI is InChI=1S/C26H38F3N3O3/c1-16(2)11-22(31-24(34)35-25(3,4)5)23(33)30-21-10-9-18-14-32(15-20(18)21)13-17-7-6-8-19(12-17)26(27,28)29/h6-8,12,16,18,20-22H,9-11,13-15H2,1-5H3,(H,30,33)(H,31,34)/t18-,20+,21+,22+/m0/s1. The minimum atomic E-state index is -4.35. The molecule has 1 aromatic carbocycles. The molecular weight excluding hydrogens is 459 g/mol. The molecule has 6 nitrogen and oxygen atoms in total. The highest BCUT2D eigenvalue weighted by Gasteiger charge is 2.43. The summed E-state index contributed by atoms with van der Waals surface area (Å²) < 4.78 is 44.5. The fourth-order valence-corrected chi connectivity index (χ4v) is 5.21. The fraction of sp³-hybridized carbons (Fsp3) is 0.692. The van der Waals surface area contributed by atoms with E-state index in [1.54, 1.807) is 26.8 Å². The molecule has 1 saturated carbocycles. The molecule has 196 valence electrons. The van der Waals surface area contributed by atoms with E-state index >= 15 is 0 Å². The van der Waals surface area contributed by atoms with Gasteiger partial charge in [0.25, 0.3) is 0 Å². The molecule has 9 heteroatoms. The molecule has 0 spiro atoms. The zero-order chi connectivity index (χ0) is 26.0. The number of nitrogens with one attached hydrogen (secondary N) is 2. The number of alkyl halides is 3. The van der Waals surface area contributed by atoms with Crippen LogP contribution in [0.1, 0.15) is 65.0 Å². The first kappa shape index (κ1) is 27.3.